The molecule has 0 fully saturated rings. The summed E-state index contributed by atoms with van der Waals surface area (Å²) in [4.78, 5) is 46.9. The molecule has 5 rings (SSSR count). The van der Waals surface area contributed by atoms with E-state index in [-0.39, 0.29) is 34.2 Å². The van der Waals surface area contributed by atoms with E-state index in [1.807, 2.05) is 30.3 Å². The highest BCUT2D eigenvalue weighted by Gasteiger charge is 2.46. The van der Waals surface area contributed by atoms with Gasteiger partial charge in [-0.3, -0.25) is 14.4 Å². The topological polar surface area (TPSA) is 86.2 Å². The van der Waals surface area contributed by atoms with E-state index in [9.17, 15) is 14.4 Å². The maximum absolute atomic E-state index is 13.2. The molecule has 2 aliphatic carbocycles. The number of ether oxygens (including phenoxy) is 1. The summed E-state index contributed by atoms with van der Waals surface area (Å²) in [5.41, 5.74) is 1.68. The second kappa shape index (κ2) is 5.81. The third kappa shape index (κ3) is 2.23. The molecule has 0 spiro atoms. The minimum Gasteiger partial charge on any atom is -0.457 e. The van der Waals surface area contributed by atoms with Crippen LogP contribution in [0, 0.1) is 0 Å². The van der Waals surface area contributed by atoms with Crippen LogP contribution in [0.2, 0.25) is 0 Å². The zero-order valence-corrected chi connectivity index (χ0v) is 14.3. The summed E-state index contributed by atoms with van der Waals surface area (Å²) < 4.78 is 5.87. The molecule has 27 heavy (non-hydrogen) atoms. The lowest BCUT2D eigenvalue weighted by Crippen LogP contribution is -2.34. The molecule has 0 N–H and O–H groups in total. The van der Waals surface area contributed by atoms with Gasteiger partial charge in [0.25, 0.3) is 0 Å². The first-order valence-electron chi connectivity index (χ1n) is 8.79. The maximum Gasteiger partial charge on any atom is 0.232 e. The van der Waals surface area contributed by atoms with Gasteiger partial charge in [-0.25, -0.2) is 9.97 Å². The van der Waals surface area contributed by atoms with E-state index < -0.39 is 11.7 Å². The fourth-order valence-corrected chi connectivity index (χ4v) is 4.02. The number of hydrogen-bond donors (Lipinski definition) is 0. The Kier molecular flexibility index (Phi) is 3.40. The lowest BCUT2D eigenvalue weighted by Gasteiger charge is -2.35. The van der Waals surface area contributed by atoms with E-state index in [0.717, 1.165) is 5.56 Å². The normalized spacial score (nSPS) is 21.5. The molecule has 2 heterocycles. The monoisotopic (exact) mass is 358 g/mol. The number of carbonyl (C=O) groups excluding carboxylic acids is 3. The molecule has 0 radical (unpaired) electrons. The Morgan fingerprint density at radius 2 is 1.78 bits per heavy atom. The number of aromatic nitrogens is 2. The summed E-state index contributed by atoms with van der Waals surface area (Å²) in [6.07, 6.45) is 4.23. The molecule has 1 aliphatic heterocycles. The van der Waals surface area contributed by atoms with E-state index in [2.05, 4.69) is 9.97 Å². The highest BCUT2D eigenvalue weighted by Crippen LogP contribution is 2.47. The quantitative estimate of drug-likeness (QED) is 0.779. The Labute approximate surface area is 154 Å². The Morgan fingerprint density at radius 3 is 2.59 bits per heavy atom. The second-order valence-corrected chi connectivity index (χ2v) is 6.75. The fourth-order valence-electron chi connectivity index (χ4n) is 4.02. The summed E-state index contributed by atoms with van der Waals surface area (Å²) >= 11 is 0. The van der Waals surface area contributed by atoms with Crippen molar-refractivity contribution in [1.82, 2.24) is 9.97 Å². The number of nitrogens with zero attached hydrogens (tertiary/aromatic N) is 2. The van der Waals surface area contributed by atoms with Crippen LogP contribution in [-0.4, -0.2) is 27.3 Å². The highest BCUT2D eigenvalue weighted by atomic mass is 16.5. The summed E-state index contributed by atoms with van der Waals surface area (Å²) in [6.45, 7) is 0. The summed E-state index contributed by atoms with van der Waals surface area (Å²) in [5.74, 6) is -0.945. The smallest absolute Gasteiger partial charge is 0.232 e. The molecule has 1 aromatic heterocycles. The van der Waals surface area contributed by atoms with E-state index in [4.69, 9.17) is 4.74 Å². The third-order valence-corrected chi connectivity index (χ3v) is 5.21. The van der Waals surface area contributed by atoms with Gasteiger partial charge in [0.1, 0.15) is 17.8 Å². The molecule has 0 saturated carbocycles. The number of allylic oxidation sites excluding steroid dienone is 4. The number of hydrogen-bond acceptors (Lipinski definition) is 6. The van der Waals surface area contributed by atoms with Crippen molar-refractivity contribution in [2.24, 2.45) is 0 Å². The van der Waals surface area contributed by atoms with Crippen molar-refractivity contribution < 1.29 is 19.1 Å². The minimum absolute atomic E-state index is 0.00426. The first-order chi connectivity index (χ1) is 13.2. The molecule has 1 aromatic carbocycles. The summed E-state index contributed by atoms with van der Waals surface area (Å²) in [5, 5.41) is 0. The average molecular weight is 358 g/mol. The molecule has 6 nitrogen and oxygen atoms in total. The third-order valence-electron chi connectivity index (χ3n) is 5.21. The molecule has 0 saturated heterocycles. The molecule has 1 unspecified atom stereocenters. The molecule has 2 aromatic rings. The highest BCUT2D eigenvalue weighted by molar-refractivity contribution is 6.26. The van der Waals surface area contributed by atoms with Crippen molar-refractivity contribution in [3.63, 3.8) is 0 Å². The van der Waals surface area contributed by atoms with E-state index in [1.54, 1.807) is 0 Å². The molecule has 3 aliphatic rings. The van der Waals surface area contributed by atoms with Gasteiger partial charge < -0.3 is 4.74 Å². The lowest BCUT2D eigenvalue weighted by atomic mass is 9.72. The predicted molar refractivity (Wildman–Crippen MR) is 93.9 cm³/mol. The first kappa shape index (κ1) is 15.8. The number of ketones is 3. The van der Waals surface area contributed by atoms with Gasteiger partial charge in [0.2, 0.25) is 11.6 Å². The number of benzene rings is 1. The van der Waals surface area contributed by atoms with Gasteiger partial charge in [0, 0.05) is 30.5 Å². The molecule has 1 atom stereocenters. The van der Waals surface area contributed by atoms with Crippen LogP contribution in [0.15, 0.2) is 65.5 Å². The van der Waals surface area contributed by atoms with Gasteiger partial charge in [0.05, 0.1) is 11.1 Å². The standard InChI is InChI=1S/C21H14N2O4/c24-13-7-4-8-14-16(13)15(11-5-2-1-3-6-11)17-20(26)18-12(9-22-10-23-18)19(25)21(17)27-14/h1-3,5-6,9-10,15H,4,7-8H2. The average Bonchev–Trinajstić information content (AvgIpc) is 2.71. The minimum atomic E-state index is -0.614. The van der Waals surface area contributed by atoms with Gasteiger partial charge in [0.15, 0.2) is 11.5 Å². The van der Waals surface area contributed by atoms with Crippen molar-refractivity contribution in [2.45, 2.75) is 25.2 Å². The molecule has 0 bridgehead atoms. The van der Waals surface area contributed by atoms with Gasteiger partial charge in [-0.1, -0.05) is 30.3 Å². The number of carbonyl (C=O) groups is 3. The van der Waals surface area contributed by atoms with Crippen LogP contribution in [0.25, 0.3) is 0 Å². The van der Waals surface area contributed by atoms with Crippen molar-refractivity contribution in [2.75, 3.05) is 0 Å². The zero-order valence-electron chi connectivity index (χ0n) is 14.3. The van der Waals surface area contributed by atoms with E-state index in [0.29, 0.717) is 30.6 Å². The largest absolute Gasteiger partial charge is 0.457 e. The van der Waals surface area contributed by atoms with Gasteiger partial charge in [-0.2, -0.15) is 0 Å². The molecular weight excluding hydrogens is 344 g/mol. The summed E-state index contributed by atoms with van der Waals surface area (Å²) in [7, 11) is 0. The zero-order chi connectivity index (χ0) is 18.5. The van der Waals surface area contributed by atoms with Gasteiger partial charge in [-0.05, 0) is 12.0 Å². The predicted octanol–water partition coefficient (Wildman–Crippen LogP) is 2.93. The van der Waals surface area contributed by atoms with Crippen LogP contribution in [0.5, 0.6) is 0 Å². The van der Waals surface area contributed by atoms with E-state index >= 15 is 0 Å². The number of Topliss-reactive ketones (excluding diaryl/α,β-unsaturated/α-hetero) is 3. The van der Waals surface area contributed by atoms with Crippen LogP contribution >= 0.6 is 0 Å². The molecule has 6 heteroatoms. The van der Waals surface area contributed by atoms with Crippen molar-refractivity contribution in [3.8, 4) is 0 Å². The SMILES string of the molecule is O=C1CCCC2=C1C(c1ccccc1)C1=C(O2)C(=O)c2cncnc2C1=O. The molecule has 132 valence electrons. The van der Waals surface area contributed by atoms with Crippen molar-refractivity contribution in [3.05, 3.63) is 82.3 Å². The number of fused-ring (bicyclic) bond motifs is 1. The Balaban J connectivity index is 1.77. The Hall–Kier alpha value is -3.41. The number of rotatable bonds is 1. The van der Waals surface area contributed by atoms with Gasteiger partial charge in [-0.15, -0.1) is 0 Å². The van der Waals surface area contributed by atoms with E-state index in [1.165, 1.54) is 12.5 Å². The summed E-state index contributed by atoms with van der Waals surface area (Å²) in [6, 6.07) is 9.29. The van der Waals surface area contributed by atoms with Gasteiger partial charge >= 0.3 is 0 Å². The van der Waals surface area contributed by atoms with Crippen LogP contribution in [-0.2, 0) is 9.53 Å². The molecule has 0 amide bonds. The van der Waals surface area contributed by atoms with Crippen molar-refractivity contribution >= 4 is 17.3 Å². The maximum atomic E-state index is 13.2. The van der Waals surface area contributed by atoms with Crippen LogP contribution in [0.4, 0.5) is 0 Å². The molecular formula is C21H14N2O4. The van der Waals surface area contributed by atoms with Crippen LogP contribution in [0.3, 0.4) is 0 Å². The fraction of sp³-hybridized carbons (Fsp3) is 0.190. The Morgan fingerprint density at radius 1 is 0.963 bits per heavy atom. The second-order valence-electron chi connectivity index (χ2n) is 6.75. The Bertz CT molecular complexity index is 1080. The van der Waals surface area contributed by atoms with Crippen molar-refractivity contribution in [1.29, 1.82) is 0 Å². The lowest BCUT2D eigenvalue weighted by molar-refractivity contribution is -0.116. The van der Waals surface area contributed by atoms with Crippen LogP contribution < -0.4 is 0 Å². The van der Waals surface area contributed by atoms with Crippen LogP contribution in [0.1, 0.15) is 51.6 Å². The first-order valence-corrected chi connectivity index (χ1v) is 8.79.